The number of aliphatic hydroxyl groups excluding tert-OH is 1. The lowest BCUT2D eigenvalue weighted by atomic mass is 10.1. The lowest BCUT2D eigenvalue weighted by molar-refractivity contribution is -0.516. The molecule has 0 unspecified atom stereocenters. The van der Waals surface area contributed by atoms with Crippen molar-refractivity contribution in [2.24, 2.45) is 5.73 Å². The van der Waals surface area contributed by atoms with Crippen LogP contribution in [-0.4, -0.2) is 59.7 Å². The third kappa shape index (κ3) is 9.53. The third-order valence-corrected chi connectivity index (χ3v) is 4.64. The smallest absolute Gasteiger partial charge is 0.247 e. The maximum Gasteiger partial charge on any atom is 0.247 e. The van der Waals surface area contributed by atoms with Gasteiger partial charge in [-0.15, -0.1) is 0 Å². The number of aliphatic hydroxyl groups is 1. The van der Waals surface area contributed by atoms with Gasteiger partial charge in [-0.25, -0.2) is 0 Å². The minimum Gasteiger partial charge on any atom is -1.00 e. The predicted octanol–water partition coefficient (Wildman–Crippen LogP) is -0.411. The Morgan fingerprint density at radius 2 is 1.65 bits per heavy atom. The van der Waals surface area contributed by atoms with Gasteiger partial charge < -0.3 is 23.2 Å². The van der Waals surface area contributed by atoms with Crippen LogP contribution in [-0.2, 0) is 0 Å². The van der Waals surface area contributed by atoms with Gasteiger partial charge in [-0.3, -0.25) is 9.48 Å². The Kier molecular flexibility index (Phi) is 15.0. The van der Waals surface area contributed by atoms with E-state index in [0.29, 0.717) is 6.54 Å². The molecule has 0 aromatic rings. The fourth-order valence-corrected chi connectivity index (χ4v) is 3.37. The Labute approximate surface area is 149 Å². The molecule has 1 rings (SSSR count). The molecule has 0 atom stereocenters. The summed E-state index contributed by atoms with van der Waals surface area (Å²) in [5.41, 5.74) is 5.71. The van der Waals surface area contributed by atoms with Gasteiger partial charge in [-0.1, -0.05) is 58.3 Å². The van der Waals surface area contributed by atoms with Crippen molar-refractivity contribution in [3.05, 3.63) is 0 Å². The molecule has 1 aliphatic rings. The normalized spacial score (nSPS) is 14.5. The monoisotopic (exact) mass is 347 g/mol. The standard InChI is InChI=1S/C18H38N3O.ClH/c1-2-3-4-5-6-7-8-9-10-11-18-20(13-12-19)14-15-21(18)16-17-22;/h22H,2-17,19H2,1H3;1H/q+1;/p-1. The first-order valence-corrected chi connectivity index (χ1v) is 9.50. The number of nitrogens with zero attached hydrogens (tertiary/aromatic N) is 2. The summed E-state index contributed by atoms with van der Waals surface area (Å²) in [6.45, 7) is 7.08. The van der Waals surface area contributed by atoms with Crippen molar-refractivity contribution in [2.75, 3.05) is 39.3 Å². The Balaban J connectivity index is 0.00000484. The quantitative estimate of drug-likeness (QED) is 0.332. The second-order valence-electron chi connectivity index (χ2n) is 6.48. The lowest BCUT2D eigenvalue weighted by Gasteiger charge is -2.12. The summed E-state index contributed by atoms with van der Waals surface area (Å²) in [6.07, 6.45) is 13.5. The molecule has 3 N–H and O–H groups in total. The summed E-state index contributed by atoms with van der Waals surface area (Å²) in [6, 6.07) is 0. The Hall–Kier alpha value is -0.320. The number of β-amino-alcohol motifs (C(OH)–C–C–N with tert-alkyl or cyclic N) is 1. The topological polar surface area (TPSA) is 52.5 Å². The zero-order valence-electron chi connectivity index (χ0n) is 15.1. The molecule has 0 fully saturated rings. The molecule has 0 amide bonds. The minimum atomic E-state index is 0. The molecule has 1 aliphatic heterocycles. The van der Waals surface area contributed by atoms with Crippen LogP contribution >= 0.6 is 0 Å². The van der Waals surface area contributed by atoms with Crippen LogP contribution < -0.4 is 18.1 Å². The third-order valence-electron chi connectivity index (χ3n) is 4.64. The first kappa shape index (κ1) is 22.7. The largest absolute Gasteiger partial charge is 1.00 e. The highest BCUT2D eigenvalue weighted by molar-refractivity contribution is 5.78. The van der Waals surface area contributed by atoms with Crippen LogP contribution in [0.2, 0.25) is 0 Å². The number of halogens is 1. The summed E-state index contributed by atoms with van der Waals surface area (Å²) in [5, 5.41) is 9.19. The zero-order chi connectivity index (χ0) is 16.0. The first-order valence-electron chi connectivity index (χ1n) is 9.50. The van der Waals surface area contributed by atoms with E-state index in [1.165, 1.54) is 63.6 Å². The van der Waals surface area contributed by atoms with Gasteiger partial charge >= 0.3 is 0 Å². The maximum absolute atomic E-state index is 9.19. The fourth-order valence-electron chi connectivity index (χ4n) is 3.37. The van der Waals surface area contributed by atoms with E-state index in [1.807, 2.05) is 0 Å². The molecule has 4 nitrogen and oxygen atoms in total. The van der Waals surface area contributed by atoms with E-state index in [-0.39, 0.29) is 19.0 Å². The predicted molar refractivity (Wildman–Crippen MR) is 94.6 cm³/mol. The minimum absolute atomic E-state index is 0. The molecule has 0 aromatic carbocycles. The van der Waals surface area contributed by atoms with Gasteiger partial charge in [0.15, 0.2) is 0 Å². The Morgan fingerprint density at radius 3 is 2.22 bits per heavy atom. The molecule has 0 saturated carbocycles. The number of rotatable bonds is 14. The van der Waals surface area contributed by atoms with Crippen molar-refractivity contribution in [3.63, 3.8) is 0 Å². The first-order chi connectivity index (χ1) is 10.8. The fraction of sp³-hybridized carbons (Fsp3) is 0.944. The summed E-state index contributed by atoms with van der Waals surface area (Å²) in [5.74, 6) is 1.42. The molecule has 23 heavy (non-hydrogen) atoms. The van der Waals surface area contributed by atoms with E-state index < -0.39 is 0 Å². The molecule has 0 bridgehead atoms. The van der Waals surface area contributed by atoms with Crippen LogP contribution in [0.15, 0.2) is 0 Å². The molecule has 0 radical (unpaired) electrons. The number of nitrogens with two attached hydrogens (primary N) is 1. The van der Waals surface area contributed by atoms with E-state index in [2.05, 4.69) is 16.4 Å². The molecule has 1 heterocycles. The van der Waals surface area contributed by atoms with Gasteiger partial charge in [0, 0.05) is 13.0 Å². The molecule has 5 heteroatoms. The van der Waals surface area contributed by atoms with Gasteiger partial charge in [-0.2, -0.15) is 0 Å². The van der Waals surface area contributed by atoms with Gasteiger partial charge in [-0.05, 0) is 6.42 Å². The maximum atomic E-state index is 9.19. The highest BCUT2D eigenvalue weighted by Gasteiger charge is 2.28. The highest BCUT2D eigenvalue weighted by Crippen LogP contribution is 2.13. The summed E-state index contributed by atoms with van der Waals surface area (Å²) < 4.78 is 2.42. The van der Waals surface area contributed by atoms with Crippen LogP contribution in [0.5, 0.6) is 0 Å². The van der Waals surface area contributed by atoms with Crippen LogP contribution in [0.25, 0.3) is 0 Å². The number of amidine groups is 1. The SMILES string of the molecule is CCCCCCCCCCCC1=[N+](CCN)CCN1CCO.[Cl-]. The average molecular weight is 348 g/mol. The molecule has 138 valence electrons. The van der Waals surface area contributed by atoms with E-state index in [1.54, 1.807) is 0 Å². The van der Waals surface area contributed by atoms with Crippen LogP contribution in [0.4, 0.5) is 0 Å². The number of hydrogen-bond acceptors (Lipinski definition) is 3. The molecular formula is C18H38ClN3O. The van der Waals surface area contributed by atoms with E-state index >= 15 is 0 Å². The van der Waals surface area contributed by atoms with Crippen molar-refractivity contribution < 1.29 is 22.1 Å². The van der Waals surface area contributed by atoms with Crippen LogP contribution in [0.3, 0.4) is 0 Å². The van der Waals surface area contributed by atoms with E-state index in [0.717, 1.165) is 32.6 Å². The van der Waals surface area contributed by atoms with Crippen molar-refractivity contribution in [1.29, 1.82) is 0 Å². The molecule has 0 aromatic heterocycles. The summed E-state index contributed by atoms with van der Waals surface area (Å²) >= 11 is 0. The summed E-state index contributed by atoms with van der Waals surface area (Å²) in [4.78, 5) is 2.35. The van der Waals surface area contributed by atoms with Crippen molar-refractivity contribution in [3.8, 4) is 0 Å². The average Bonchev–Trinajstić information content (AvgIpc) is 2.89. The van der Waals surface area contributed by atoms with Crippen molar-refractivity contribution >= 4 is 5.84 Å². The van der Waals surface area contributed by atoms with Crippen LogP contribution in [0, 0.1) is 0 Å². The van der Waals surface area contributed by atoms with Gasteiger partial charge in [0.05, 0.1) is 13.2 Å². The molecule has 0 saturated heterocycles. The van der Waals surface area contributed by atoms with Crippen molar-refractivity contribution in [2.45, 2.75) is 71.1 Å². The Bertz CT molecular complexity index is 311. The molecular weight excluding hydrogens is 310 g/mol. The second kappa shape index (κ2) is 15.2. The van der Waals surface area contributed by atoms with Crippen molar-refractivity contribution in [1.82, 2.24) is 4.90 Å². The molecule has 0 spiro atoms. The van der Waals surface area contributed by atoms with Gasteiger partial charge in [0.2, 0.25) is 5.84 Å². The molecule has 0 aliphatic carbocycles. The number of unbranched alkanes of at least 4 members (excludes halogenated alkanes) is 8. The number of hydrogen-bond donors (Lipinski definition) is 2. The van der Waals surface area contributed by atoms with Gasteiger partial charge in [0.1, 0.15) is 19.6 Å². The van der Waals surface area contributed by atoms with Crippen LogP contribution in [0.1, 0.15) is 71.1 Å². The second-order valence-corrected chi connectivity index (χ2v) is 6.48. The summed E-state index contributed by atoms with van der Waals surface area (Å²) in [7, 11) is 0. The van der Waals surface area contributed by atoms with E-state index in [9.17, 15) is 5.11 Å². The highest BCUT2D eigenvalue weighted by atomic mass is 35.5. The Morgan fingerprint density at radius 1 is 1.04 bits per heavy atom. The lowest BCUT2D eigenvalue weighted by Crippen LogP contribution is -3.00. The zero-order valence-corrected chi connectivity index (χ0v) is 15.9. The van der Waals surface area contributed by atoms with Gasteiger partial charge in [0.25, 0.3) is 0 Å². The van der Waals surface area contributed by atoms with E-state index in [4.69, 9.17) is 5.73 Å².